The SMILES string of the molecule is O=[N+]([O-])c1cc([N+](=O)[O-])c(OCC(O)CO)cc1OCC(O)CO. The lowest BCUT2D eigenvalue weighted by molar-refractivity contribution is -0.395. The fourth-order valence-electron chi connectivity index (χ4n) is 1.53. The van der Waals surface area contributed by atoms with E-state index in [0.717, 1.165) is 6.07 Å². The van der Waals surface area contributed by atoms with Gasteiger partial charge in [0.2, 0.25) is 11.5 Å². The lowest BCUT2D eigenvalue weighted by atomic mass is 10.2. The molecule has 0 spiro atoms. The molecule has 1 rings (SSSR count). The highest BCUT2D eigenvalue weighted by molar-refractivity contribution is 5.61. The van der Waals surface area contributed by atoms with Crippen molar-refractivity contribution in [2.75, 3.05) is 26.4 Å². The number of rotatable bonds is 10. The van der Waals surface area contributed by atoms with Gasteiger partial charge in [0, 0.05) is 6.07 Å². The summed E-state index contributed by atoms with van der Waals surface area (Å²) in [7, 11) is 0. The number of ether oxygens (including phenoxy) is 2. The van der Waals surface area contributed by atoms with Crippen molar-refractivity contribution in [1.29, 1.82) is 0 Å². The van der Waals surface area contributed by atoms with Crippen molar-refractivity contribution in [2.24, 2.45) is 0 Å². The minimum atomic E-state index is -1.31. The molecule has 12 heteroatoms. The maximum absolute atomic E-state index is 11.0. The summed E-state index contributed by atoms with van der Waals surface area (Å²) < 4.78 is 9.99. The minimum Gasteiger partial charge on any atom is -0.484 e. The molecule has 4 N–H and O–H groups in total. The van der Waals surface area contributed by atoms with Gasteiger partial charge in [-0.2, -0.15) is 0 Å². The Hall–Kier alpha value is -2.54. The second-order valence-electron chi connectivity index (χ2n) is 4.60. The number of aliphatic hydroxyl groups excluding tert-OH is 4. The molecule has 0 radical (unpaired) electrons. The summed E-state index contributed by atoms with van der Waals surface area (Å²) in [6.07, 6.45) is -2.61. The molecule has 24 heavy (non-hydrogen) atoms. The van der Waals surface area contributed by atoms with E-state index in [0.29, 0.717) is 6.07 Å². The predicted octanol–water partition coefficient (Wildman–Crippen LogP) is -1.03. The Morgan fingerprint density at radius 2 is 1.25 bits per heavy atom. The lowest BCUT2D eigenvalue weighted by Crippen LogP contribution is -2.22. The standard InChI is InChI=1S/C12H16N2O10/c15-3-7(17)5-23-11-2-12(24-6-8(18)4-16)10(14(21)22)1-9(11)13(19)20/h1-2,7-8,15-18H,3-6H2. The average molecular weight is 348 g/mol. The third-order valence-electron chi connectivity index (χ3n) is 2.72. The minimum absolute atomic E-state index is 0.424. The number of benzene rings is 1. The Morgan fingerprint density at radius 3 is 1.54 bits per heavy atom. The van der Waals surface area contributed by atoms with Crippen molar-refractivity contribution in [3.8, 4) is 11.5 Å². The largest absolute Gasteiger partial charge is 0.484 e. The second kappa shape index (κ2) is 8.93. The van der Waals surface area contributed by atoms with Gasteiger partial charge in [0.1, 0.15) is 31.5 Å². The van der Waals surface area contributed by atoms with Crippen molar-refractivity contribution in [1.82, 2.24) is 0 Å². The Labute approximate surface area is 134 Å². The van der Waals surface area contributed by atoms with Gasteiger partial charge in [-0.3, -0.25) is 20.2 Å². The van der Waals surface area contributed by atoms with Gasteiger partial charge in [-0.25, -0.2) is 0 Å². The molecule has 0 aliphatic carbocycles. The average Bonchev–Trinajstić information content (AvgIpc) is 2.56. The molecule has 134 valence electrons. The third-order valence-corrected chi connectivity index (χ3v) is 2.72. The van der Waals surface area contributed by atoms with Gasteiger partial charge in [0.05, 0.1) is 23.1 Å². The quantitative estimate of drug-likeness (QED) is 0.301. The van der Waals surface area contributed by atoms with Crippen molar-refractivity contribution >= 4 is 11.4 Å². The van der Waals surface area contributed by atoms with Gasteiger partial charge in [-0.1, -0.05) is 0 Å². The van der Waals surface area contributed by atoms with Crippen LogP contribution in [-0.4, -0.2) is 68.9 Å². The van der Waals surface area contributed by atoms with Crippen LogP contribution in [0.3, 0.4) is 0 Å². The first kappa shape index (κ1) is 19.5. The molecule has 0 aliphatic heterocycles. The monoisotopic (exact) mass is 348 g/mol. The van der Waals surface area contributed by atoms with Crippen LogP contribution in [0.4, 0.5) is 11.4 Å². The van der Waals surface area contributed by atoms with Crippen LogP contribution in [0.5, 0.6) is 11.5 Å². The molecule has 1 aromatic carbocycles. The Kier molecular flexibility index (Phi) is 7.26. The first-order valence-electron chi connectivity index (χ1n) is 6.60. The number of aliphatic hydroxyl groups is 4. The van der Waals surface area contributed by atoms with E-state index in [-0.39, 0.29) is 0 Å². The van der Waals surface area contributed by atoms with Crippen LogP contribution in [0.25, 0.3) is 0 Å². The van der Waals surface area contributed by atoms with E-state index in [1.54, 1.807) is 0 Å². The van der Waals surface area contributed by atoms with E-state index < -0.39 is 71.4 Å². The van der Waals surface area contributed by atoms with Crippen molar-refractivity contribution in [3.63, 3.8) is 0 Å². The van der Waals surface area contributed by atoms with Gasteiger partial charge < -0.3 is 29.9 Å². The second-order valence-corrected chi connectivity index (χ2v) is 4.60. The Bertz CT molecular complexity index is 546. The van der Waals surface area contributed by atoms with Gasteiger partial charge in [0.15, 0.2) is 0 Å². The topological polar surface area (TPSA) is 186 Å². The molecule has 0 amide bonds. The first-order chi connectivity index (χ1) is 11.3. The van der Waals surface area contributed by atoms with Gasteiger partial charge in [-0.15, -0.1) is 0 Å². The molecule has 0 bridgehead atoms. The van der Waals surface area contributed by atoms with E-state index in [1.165, 1.54) is 0 Å². The van der Waals surface area contributed by atoms with Crippen molar-refractivity contribution in [3.05, 3.63) is 32.4 Å². The zero-order chi connectivity index (χ0) is 18.3. The van der Waals surface area contributed by atoms with Crippen LogP contribution in [0.15, 0.2) is 12.1 Å². The summed E-state index contributed by atoms with van der Waals surface area (Å²) >= 11 is 0. The Morgan fingerprint density at radius 1 is 0.875 bits per heavy atom. The zero-order valence-corrected chi connectivity index (χ0v) is 12.3. The summed E-state index contributed by atoms with van der Waals surface area (Å²) in [4.78, 5) is 20.2. The van der Waals surface area contributed by atoms with E-state index in [1.807, 2.05) is 0 Å². The molecule has 0 fully saturated rings. The molecular weight excluding hydrogens is 332 g/mol. The van der Waals surface area contributed by atoms with E-state index in [2.05, 4.69) is 0 Å². The van der Waals surface area contributed by atoms with Crippen LogP contribution in [0.1, 0.15) is 0 Å². The van der Waals surface area contributed by atoms with Gasteiger partial charge >= 0.3 is 11.4 Å². The van der Waals surface area contributed by atoms with Crippen LogP contribution in [0, 0.1) is 20.2 Å². The smallest absolute Gasteiger partial charge is 0.318 e. The molecule has 2 unspecified atom stereocenters. The molecule has 1 aromatic rings. The van der Waals surface area contributed by atoms with Crippen molar-refractivity contribution < 1.29 is 39.7 Å². The van der Waals surface area contributed by atoms with Crippen LogP contribution in [0.2, 0.25) is 0 Å². The first-order valence-corrected chi connectivity index (χ1v) is 6.60. The number of nitrogens with zero attached hydrogens (tertiary/aromatic N) is 2. The summed E-state index contributed by atoms with van der Waals surface area (Å²) in [6, 6.07) is 1.48. The van der Waals surface area contributed by atoms with E-state index >= 15 is 0 Å². The van der Waals surface area contributed by atoms with Gasteiger partial charge in [-0.05, 0) is 0 Å². The highest BCUT2D eigenvalue weighted by Crippen LogP contribution is 2.39. The summed E-state index contributed by atoms with van der Waals surface area (Å²) in [5, 5.41) is 57.9. The number of hydrogen-bond donors (Lipinski definition) is 4. The Balaban J connectivity index is 3.19. The molecule has 0 saturated carbocycles. The molecule has 0 saturated heterocycles. The predicted molar refractivity (Wildman–Crippen MR) is 76.9 cm³/mol. The highest BCUT2D eigenvalue weighted by Gasteiger charge is 2.27. The van der Waals surface area contributed by atoms with Gasteiger partial charge in [0.25, 0.3) is 0 Å². The molecule has 0 heterocycles. The highest BCUT2D eigenvalue weighted by atomic mass is 16.6. The maximum atomic E-state index is 11.0. The fourth-order valence-corrected chi connectivity index (χ4v) is 1.53. The van der Waals surface area contributed by atoms with Crippen LogP contribution >= 0.6 is 0 Å². The summed E-state index contributed by atoms with van der Waals surface area (Å²) in [5.74, 6) is -0.849. The molecule has 12 nitrogen and oxygen atoms in total. The van der Waals surface area contributed by atoms with E-state index in [4.69, 9.17) is 19.7 Å². The number of nitro benzene ring substituents is 2. The fraction of sp³-hybridized carbons (Fsp3) is 0.500. The molecule has 0 aromatic heterocycles. The summed E-state index contributed by atoms with van der Waals surface area (Å²) in [5.41, 5.74) is -1.47. The van der Waals surface area contributed by atoms with Crippen LogP contribution < -0.4 is 9.47 Å². The molecule has 2 atom stereocenters. The zero-order valence-electron chi connectivity index (χ0n) is 12.3. The normalized spacial score (nSPS) is 13.2. The molecule has 0 aliphatic rings. The number of hydrogen-bond acceptors (Lipinski definition) is 10. The maximum Gasteiger partial charge on any atom is 0.318 e. The summed E-state index contributed by atoms with van der Waals surface area (Å²) in [6.45, 7) is -2.28. The van der Waals surface area contributed by atoms with E-state index in [9.17, 15) is 30.4 Å². The van der Waals surface area contributed by atoms with Crippen molar-refractivity contribution in [2.45, 2.75) is 12.2 Å². The molecular formula is C12H16N2O10. The lowest BCUT2D eigenvalue weighted by Gasteiger charge is -2.13. The number of nitro groups is 2. The van der Waals surface area contributed by atoms with Crippen LogP contribution in [-0.2, 0) is 0 Å². The third kappa shape index (κ3) is 5.27.